The van der Waals surface area contributed by atoms with Gasteiger partial charge in [-0.25, -0.2) is 0 Å². The molecule has 0 spiro atoms. The molecule has 1 unspecified atom stereocenters. The number of halogens is 2. The molecule has 0 saturated carbocycles. The Morgan fingerprint density at radius 3 is 2.81 bits per heavy atom. The van der Waals surface area contributed by atoms with E-state index < -0.39 is 6.10 Å². The fourth-order valence-electron chi connectivity index (χ4n) is 1.29. The number of rotatable bonds is 6. The number of hydrogen-bond acceptors (Lipinski definition) is 3. The fourth-order valence-corrected chi connectivity index (χ4v) is 1.77. The lowest BCUT2D eigenvalue weighted by Crippen LogP contribution is -2.29. The molecule has 1 aromatic carbocycles. The van der Waals surface area contributed by atoms with Crippen LogP contribution in [-0.2, 0) is 11.3 Å². The van der Waals surface area contributed by atoms with E-state index in [1.807, 2.05) is 6.07 Å². The Morgan fingerprint density at radius 2 is 2.19 bits per heavy atom. The lowest BCUT2D eigenvalue weighted by molar-refractivity contribution is 0.0644. The van der Waals surface area contributed by atoms with E-state index in [0.717, 1.165) is 5.56 Å². The monoisotopic (exact) mass is 263 g/mol. The summed E-state index contributed by atoms with van der Waals surface area (Å²) in [5.74, 6) is 0. The van der Waals surface area contributed by atoms with Gasteiger partial charge in [0.2, 0.25) is 0 Å². The van der Waals surface area contributed by atoms with Gasteiger partial charge in [0.25, 0.3) is 0 Å². The van der Waals surface area contributed by atoms with E-state index in [0.29, 0.717) is 29.7 Å². The van der Waals surface area contributed by atoms with Crippen molar-refractivity contribution in [3.05, 3.63) is 33.8 Å². The number of aliphatic hydroxyl groups excluding tert-OH is 1. The molecule has 1 atom stereocenters. The quantitative estimate of drug-likeness (QED) is 0.826. The maximum Gasteiger partial charge on any atom is 0.0897 e. The summed E-state index contributed by atoms with van der Waals surface area (Å²) in [6, 6.07) is 5.35. The summed E-state index contributed by atoms with van der Waals surface area (Å²) < 4.78 is 4.81. The summed E-state index contributed by atoms with van der Waals surface area (Å²) in [5, 5.41) is 13.7. The number of nitrogens with one attached hydrogen (secondary N) is 1. The van der Waals surface area contributed by atoms with Gasteiger partial charge >= 0.3 is 0 Å². The lowest BCUT2D eigenvalue weighted by atomic mass is 10.2. The second-order valence-corrected chi connectivity index (χ2v) is 4.32. The maximum absolute atomic E-state index is 9.40. The first kappa shape index (κ1) is 13.7. The molecule has 16 heavy (non-hydrogen) atoms. The summed E-state index contributed by atoms with van der Waals surface area (Å²) in [5.41, 5.74) is 0.954. The number of methoxy groups -OCH3 is 1. The van der Waals surface area contributed by atoms with Gasteiger partial charge in [0.05, 0.1) is 12.7 Å². The summed E-state index contributed by atoms with van der Waals surface area (Å²) in [4.78, 5) is 0. The normalized spacial score (nSPS) is 12.8. The van der Waals surface area contributed by atoms with Crippen LogP contribution in [-0.4, -0.2) is 31.5 Å². The van der Waals surface area contributed by atoms with E-state index in [1.165, 1.54) is 0 Å². The van der Waals surface area contributed by atoms with Crippen molar-refractivity contribution in [2.45, 2.75) is 12.6 Å². The number of aliphatic hydroxyl groups is 1. The molecule has 0 aliphatic rings. The molecule has 0 fully saturated rings. The van der Waals surface area contributed by atoms with E-state index in [2.05, 4.69) is 5.32 Å². The van der Waals surface area contributed by atoms with Gasteiger partial charge in [0.15, 0.2) is 0 Å². The van der Waals surface area contributed by atoms with Crippen LogP contribution in [0.5, 0.6) is 0 Å². The van der Waals surface area contributed by atoms with Gasteiger partial charge in [-0.1, -0.05) is 29.3 Å². The Balaban J connectivity index is 2.37. The zero-order chi connectivity index (χ0) is 12.0. The molecule has 90 valence electrons. The summed E-state index contributed by atoms with van der Waals surface area (Å²) in [6.07, 6.45) is -0.504. The van der Waals surface area contributed by atoms with Crippen molar-refractivity contribution in [3.8, 4) is 0 Å². The Morgan fingerprint density at radius 1 is 1.44 bits per heavy atom. The van der Waals surface area contributed by atoms with Crippen LogP contribution < -0.4 is 5.32 Å². The molecule has 0 radical (unpaired) electrons. The summed E-state index contributed by atoms with van der Waals surface area (Å²) in [7, 11) is 1.55. The molecule has 0 saturated heterocycles. The zero-order valence-corrected chi connectivity index (χ0v) is 10.6. The summed E-state index contributed by atoms with van der Waals surface area (Å²) >= 11 is 11.8. The number of benzene rings is 1. The van der Waals surface area contributed by atoms with Crippen LogP contribution in [0.4, 0.5) is 0 Å². The van der Waals surface area contributed by atoms with E-state index in [1.54, 1.807) is 19.2 Å². The lowest BCUT2D eigenvalue weighted by Gasteiger charge is -2.11. The number of ether oxygens (including phenoxy) is 1. The highest BCUT2D eigenvalue weighted by Gasteiger charge is 2.04. The highest BCUT2D eigenvalue weighted by Crippen LogP contribution is 2.20. The van der Waals surface area contributed by atoms with Crippen LogP contribution in [0.15, 0.2) is 18.2 Å². The van der Waals surface area contributed by atoms with Crippen molar-refractivity contribution in [3.63, 3.8) is 0 Å². The zero-order valence-electron chi connectivity index (χ0n) is 9.04. The predicted octanol–water partition coefficient (Wildman–Crippen LogP) is 2.09. The molecule has 2 N–H and O–H groups in total. The Bertz CT molecular complexity index is 334. The highest BCUT2D eigenvalue weighted by atomic mass is 35.5. The van der Waals surface area contributed by atoms with Gasteiger partial charge < -0.3 is 15.2 Å². The molecule has 1 rings (SSSR count). The minimum absolute atomic E-state index is 0.321. The van der Waals surface area contributed by atoms with Crippen LogP contribution >= 0.6 is 23.2 Å². The molecular formula is C11H15Cl2NO2. The molecule has 0 aliphatic carbocycles. The number of hydrogen-bond donors (Lipinski definition) is 2. The minimum atomic E-state index is -0.504. The molecule has 0 aliphatic heterocycles. The third kappa shape index (κ3) is 4.68. The van der Waals surface area contributed by atoms with Gasteiger partial charge in [-0.05, 0) is 17.7 Å². The second-order valence-electron chi connectivity index (χ2n) is 3.48. The van der Waals surface area contributed by atoms with Crippen molar-refractivity contribution in [1.29, 1.82) is 0 Å². The Hall–Kier alpha value is -0.320. The van der Waals surface area contributed by atoms with Crippen LogP contribution in [0, 0.1) is 0 Å². The SMILES string of the molecule is COCC(O)CNCc1ccc(Cl)cc1Cl. The van der Waals surface area contributed by atoms with Crippen LogP contribution in [0.25, 0.3) is 0 Å². The summed E-state index contributed by atoms with van der Waals surface area (Å²) in [6.45, 7) is 1.38. The van der Waals surface area contributed by atoms with Crippen molar-refractivity contribution >= 4 is 23.2 Å². The first-order valence-corrected chi connectivity index (χ1v) is 5.70. The van der Waals surface area contributed by atoms with Crippen molar-refractivity contribution in [2.75, 3.05) is 20.3 Å². The van der Waals surface area contributed by atoms with Crippen LogP contribution in [0.2, 0.25) is 10.0 Å². The average Bonchev–Trinajstić information content (AvgIpc) is 2.22. The van der Waals surface area contributed by atoms with E-state index >= 15 is 0 Å². The largest absolute Gasteiger partial charge is 0.389 e. The molecule has 1 aromatic rings. The van der Waals surface area contributed by atoms with Crippen LogP contribution in [0.3, 0.4) is 0 Å². The average molecular weight is 264 g/mol. The van der Waals surface area contributed by atoms with E-state index in [-0.39, 0.29) is 0 Å². The molecular weight excluding hydrogens is 249 g/mol. The molecule has 0 amide bonds. The molecule has 0 aromatic heterocycles. The Labute approximate surface area is 105 Å². The van der Waals surface area contributed by atoms with Gasteiger partial charge in [-0.3, -0.25) is 0 Å². The van der Waals surface area contributed by atoms with Gasteiger partial charge in [-0.2, -0.15) is 0 Å². The third-order valence-electron chi connectivity index (χ3n) is 2.07. The first-order chi connectivity index (χ1) is 7.63. The Kier molecular flexibility index (Phi) is 6.09. The van der Waals surface area contributed by atoms with E-state index in [4.69, 9.17) is 27.9 Å². The van der Waals surface area contributed by atoms with Crippen molar-refractivity contribution in [1.82, 2.24) is 5.32 Å². The highest BCUT2D eigenvalue weighted by molar-refractivity contribution is 6.35. The topological polar surface area (TPSA) is 41.5 Å². The smallest absolute Gasteiger partial charge is 0.0897 e. The maximum atomic E-state index is 9.40. The molecule has 0 bridgehead atoms. The van der Waals surface area contributed by atoms with Crippen LogP contribution in [0.1, 0.15) is 5.56 Å². The molecule has 0 heterocycles. The van der Waals surface area contributed by atoms with E-state index in [9.17, 15) is 5.11 Å². The van der Waals surface area contributed by atoms with Gasteiger partial charge in [0, 0.05) is 30.2 Å². The van der Waals surface area contributed by atoms with Gasteiger partial charge in [-0.15, -0.1) is 0 Å². The van der Waals surface area contributed by atoms with Gasteiger partial charge in [0.1, 0.15) is 0 Å². The second kappa shape index (κ2) is 7.09. The predicted molar refractivity (Wildman–Crippen MR) is 66.1 cm³/mol. The fraction of sp³-hybridized carbons (Fsp3) is 0.455. The molecule has 5 heteroatoms. The molecule has 3 nitrogen and oxygen atoms in total. The standard InChI is InChI=1S/C11H15Cl2NO2/c1-16-7-10(15)6-14-5-8-2-3-9(12)4-11(8)13/h2-4,10,14-15H,5-7H2,1H3. The van der Waals surface area contributed by atoms with Crippen molar-refractivity contribution in [2.24, 2.45) is 0 Å². The first-order valence-electron chi connectivity index (χ1n) is 4.95. The third-order valence-corrected chi connectivity index (χ3v) is 2.66. The van der Waals surface area contributed by atoms with Crippen molar-refractivity contribution < 1.29 is 9.84 Å². The minimum Gasteiger partial charge on any atom is -0.389 e.